The molecule has 2 unspecified atom stereocenters. The summed E-state index contributed by atoms with van der Waals surface area (Å²) in [6.45, 7) is 9.17. The van der Waals surface area contributed by atoms with Crippen LogP contribution in [-0.4, -0.2) is 11.6 Å². The summed E-state index contributed by atoms with van der Waals surface area (Å²) in [4.78, 5) is 29.5. The van der Waals surface area contributed by atoms with E-state index in [1.54, 1.807) is 0 Å². The van der Waals surface area contributed by atoms with Crippen LogP contribution in [0.15, 0.2) is 132 Å². The minimum absolute atomic E-state index is 0.147. The van der Waals surface area contributed by atoms with Crippen LogP contribution in [0.3, 0.4) is 0 Å². The highest BCUT2D eigenvalue weighted by atomic mass is 16.1. The van der Waals surface area contributed by atoms with E-state index in [2.05, 4.69) is 113 Å². The first kappa shape index (κ1) is 39.1. The van der Waals surface area contributed by atoms with Crippen molar-refractivity contribution in [3.63, 3.8) is 0 Å². The summed E-state index contributed by atoms with van der Waals surface area (Å²) < 4.78 is 0. The Morgan fingerprint density at radius 3 is 1.13 bits per heavy atom. The summed E-state index contributed by atoms with van der Waals surface area (Å²) in [6.07, 6.45) is 19.4. The van der Waals surface area contributed by atoms with Gasteiger partial charge in [0.15, 0.2) is 11.6 Å². The summed E-state index contributed by atoms with van der Waals surface area (Å²) in [5.74, 6) is 0.294. The SMILES string of the molecule is CCCCCCC(C)(CCc1ccccc1)C1=C/C(=C2/C=C(C(C)(CCCCCC)CCc3ccccc3)C(=O)c3ccccc32)c2ccccc2C1=O. The first-order valence-electron chi connectivity index (χ1n) is 20.8. The lowest BCUT2D eigenvalue weighted by molar-refractivity contribution is 0.0985. The van der Waals surface area contributed by atoms with Crippen molar-refractivity contribution in [1.82, 2.24) is 0 Å². The summed E-state index contributed by atoms with van der Waals surface area (Å²) in [7, 11) is 0. The first-order chi connectivity index (χ1) is 26.3. The molecule has 0 saturated carbocycles. The second kappa shape index (κ2) is 18.2. The molecule has 2 aliphatic carbocycles. The zero-order chi connectivity index (χ0) is 38.0. The Kier molecular flexibility index (Phi) is 13.2. The first-order valence-corrected chi connectivity index (χ1v) is 20.8. The largest absolute Gasteiger partial charge is 0.289 e. The van der Waals surface area contributed by atoms with E-state index in [0.29, 0.717) is 0 Å². The molecular weight excluding hydrogens is 657 g/mol. The van der Waals surface area contributed by atoms with Crippen molar-refractivity contribution in [3.05, 3.63) is 166 Å². The lowest BCUT2D eigenvalue weighted by Gasteiger charge is -2.37. The molecule has 0 radical (unpaired) electrons. The van der Waals surface area contributed by atoms with Crippen LogP contribution in [0, 0.1) is 10.8 Å². The zero-order valence-corrected chi connectivity index (χ0v) is 33.3. The number of carbonyl (C=O) groups excluding carboxylic acids is 2. The van der Waals surface area contributed by atoms with Gasteiger partial charge in [0.2, 0.25) is 0 Å². The normalized spacial score (nSPS) is 17.6. The molecule has 2 aliphatic rings. The Bertz CT molecular complexity index is 1850. The molecule has 54 heavy (non-hydrogen) atoms. The van der Waals surface area contributed by atoms with Crippen molar-refractivity contribution in [2.75, 3.05) is 0 Å². The van der Waals surface area contributed by atoms with Gasteiger partial charge in [-0.15, -0.1) is 0 Å². The van der Waals surface area contributed by atoms with Gasteiger partial charge in [0.1, 0.15) is 0 Å². The van der Waals surface area contributed by atoms with Crippen LogP contribution in [0.4, 0.5) is 0 Å². The molecule has 0 saturated heterocycles. The molecular formula is C52H60O2. The molecule has 0 aliphatic heterocycles. The Morgan fingerprint density at radius 1 is 0.407 bits per heavy atom. The van der Waals surface area contributed by atoms with E-state index in [0.717, 1.165) is 95.9 Å². The van der Waals surface area contributed by atoms with E-state index >= 15 is 0 Å². The van der Waals surface area contributed by atoms with Crippen molar-refractivity contribution >= 4 is 22.7 Å². The van der Waals surface area contributed by atoms with Gasteiger partial charge in [-0.05, 0) is 94.9 Å². The highest BCUT2D eigenvalue weighted by Gasteiger charge is 2.40. The number of fused-ring (bicyclic) bond motifs is 2. The van der Waals surface area contributed by atoms with Crippen LogP contribution in [-0.2, 0) is 12.8 Å². The summed E-state index contributed by atoms with van der Waals surface area (Å²) in [5, 5.41) is 0. The van der Waals surface area contributed by atoms with E-state index in [-0.39, 0.29) is 22.4 Å². The number of carbonyl (C=O) groups is 2. The number of aryl methyl sites for hydroxylation is 2. The average Bonchev–Trinajstić information content (AvgIpc) is 3.21. The number of unbranched alkanes of at least 4 members (excludes halogenated alkanes) is 6. The predicted molar refractivity (Wildman–Crippen MR) is 228 cm³/mol. The molecule has 4 aromatic carbocycles. The Balaban J connectivity index is 1.52. The van der Waals surface area contributed by atoms with E-state index in [9.17, 15) is 9.59 Å². The summed E-state index contributed by atoms with van der Waals surface area (Å²) in [5.41, 5.74) is 9.42. The van der Waals surface area contributed by atoms with Gasteiger partial charge in [0.05, 0.1) is 0 Å². The van der Waals surface area contributed by atoms with E-state index in [1.165, 1.54) is 49.7 Å². The maximum absolute atomic E-state index is 14.7. The molecule has 2 atom stereocenters. The number of benzene rings is 4. The number of hydrogen-bond donors (Lipinski definition) is 0. The van der Waals surface area contributed by atoms with E-state index in [1.807, 2.05) is 36.4 Å². The molecule has 0 bridgehead atoms. The Labute approximate surface area is 325 Å². The van der Waals surface area contributed by atoms with Crippen LogP contribution < -0.4 is 0 Å². The fourth-order valence-corrected chi connectivity index (χ4v) is 8.84. The lowest BCUT2D eigenvalue weighted by Crippen LogP contribution is -2.30. The zero-order valence-electron chi connectivity index (χ0n) is 33.3. The quantitative estimate of drug-likeness (QED) is 0.0961. The minimum atomic E-state index is -0.306. The van der Waals surface area contributed by atoms with Gasteiger partial charge < -0.3 is 0 Å². The number of hydrogen-bond acceptors (Lipinski definition) is 2. The molecule has 0 aromatic heterocycles. The predicted octanol–water partition coefficient (Wildman–Crippen LogP) is 14.1. The minimum Gasteiger partial charge on any atom is -0.289 e. The number of Topliss-reactive ketones (excluding diaryl/α,β-unsaturated/α-hetero) is 2. The lowest BCUT2D eigenvalue weighted by atomic mass is 9.66. The van der Waals surface area contributed by atoms with Gasteiger partial charge >= 0.3 is 0 Å². The number of ketones is 2. The molecule has 0 fully saturated rings. The Morgan fingerprint density at radius 2 is 0.759 bits per heavy atom. The van der Waals surface area contributed by atoms with Crippen molar-refractivity contribution < 1.29 is 9.59 Å². The smallest absolute Gasteiger partial charge is 0.190 e. The van der Waals surface area contributed by atoms with Gasteiger partial charge in [-0.2, -0.15) is 0 Å². The third kappa shape index (κ3) is 8.86. The third-order valence-corrected chi connectivity index (χ3v) is 12.4. The summed E-state index contributed by atoms with van der Waals surface area (Å²) in [6, 6.07) is 37.8. The molecule has 0 heterocycles. The molecule has 0 spiro atoms. The molecule has 2 heteroatoms. The van der Waals surface area contributed by atoms with Crippen LogP contribution >= 0.6 is 0 Å². The fraction of sp³-hybridized carbons (Fsp3) is 0.385. The van der Waals surface area contributed by atoms with Gasteiger partial charge in [-0.3, -0.25) is 9.59 Å². The number of allylic oxidation sites excluding steroid dienone is 6. The van der Waals surface area contributed by atoms with Crippen LogP contribution in [0.25, 0.3) is 11.1 Å². The third-order valence-electron chi connectivity index (χ3n) is 12.4. The van der Waals surface area contributed by atoms with Crippen LogP contribution in [0.1, 0.15) is 148 Å². The molecule has 2 nitrogen and oxygen atoms in total. The molecule has 280 valence electrons. The molecule has 6 rings (SSSR count). The van der Waals surface area contributed by atoms with Crippen molar-refractivity contribution in [1.29, 1.82) is 0 Å². The average molecular weight is 717 g/mol. The monoisotopic (exact) mass is 716 g/mol. The standard InChI is InChI=1S/C52H60O2/c1-5-7-9-21-33-51(3,35-31-39-23-13-11-14-24-39)47-37-45(41-27-17-19-29-43(41)49(47)53)46-38-48(50(54)44-30-20-18-28-42(44)46)52(4,34-22-10-8-6-2)36-32-40-25-15-12-16-26-40/h11-20,23-30,37-38H,5-10,21-22,31-36H2,1-4H3/b46-45+. The highest BCUT2D eigenvalue weighted by Crippen LogP contribution is 2.49. The van der Waals surface area contributed by atoms with Gasteiger partial charge in [-0.1, -0.05) is 188 Å². The second-order valence-corrected chi connectivity index (χ2v) is 16.4. The van der Waals surface area contributed by atoms with Crippen molar-refractivity contribution in [3.8, 4) is 0 Å². The fourth-order valence-electron chi connectivity index (χ4n) is 8.84. The van der Waals surface area contributed by atoms with E-state index in [4.69, 9.17) is 0 Å². The number of rotatable bonds is 18. The van der Waals surface area contributed by atoms with Crippen LogP contribution in [0.2, 0.25) is 0 Å². The van der Waals surface area contributed by atoms with Gasteiger partial charge in [0, 0.05) is 22.3 Å². The highest BCUT2D eigenvalue weighted by molar-refractivity contribution is 6.23. The van der Waals surface area contributed by atoms with Gasteiger partial charge in [0.25, 0.3) is 0 Å². The maximum atomic E-state index is 14.7. The Hall–Kier alpha value is -4.56. The van der Waals surface area contributed by atoms with Crippen molar-refractivity contribution in [2.45, 2.75) is 118 Å². The van der Waals surface area contributed by atoms with Gasteiger partial charge in [-0.25, -0.2) is 0 Å². The van der Waals surface area contributed by atoms with Crippen molar-refractivity contribution in [2.24, 2.45) is 10.8 Å². The molecule has 0 N–H and O–H groups in total. The van der Waals surface area contributed by atoms with E-state index < -0.39 is 0 Å². The molecule has 0 amide bonds. The summed E-state index contributed by atoms with van der Waals surface area (Å²) >= 11 is 0. The maximum Gasteiger partial charge on any atom is 0.190 e. The topological polar surface area (TPSA) is 34.1 Å². The second-order valence-electron chi connectivity index (χ2n) is 16.4. The van der Waals surface area contributed by atoms with Crippen LogP contribution in [0.5, 0.6) is 0 Å². The molecule has 4 aromatic rings.